The molecule has 1 aliphatic carbocycles. The average molecular weight is 466 g/mol. The average Bonchev–Trinajstić information content (AvgIpc) is 3.39. The predicted molar refractivity (Wildman–Crippen MR) is 128 cm³/mol. The van der Waals surface area contributed by atoms with Gasteiger partial charge in [-0.15, -0.1) is 11.3 Å². The number of halogens is 1. The van der Waals surface area contributed by atoms with E-state index in [0.29, 0.717) is 30.8 Å². The molecule has 0 saturated carbocycles. The van der Waals surface area contributed by atoms with Gasteiger partial charge in [-0.05, 0) is 77.1 Å². The number of ketones is 1. The lowest BCUT2D eigenvalue weighted by Gasteiger charge is -2.11. The van der Waals surface area contributed by atoms with Crippen LogP contribution in [0.1, 0.15) is 41.3 Å². The van der Waals surface area contributed by atoms with Gasteiger partial charge in [0.1, 0.15) is 11.6 Å². The fourth-order valence-corrected chi connectivity index (χ4v) is 4.74. The zero-order chi connectivity index (χ0) is 23.5. The standard InChI is InChI=1S/C26H24FNO4S/c1-15-20(7-5-18(29)12-19-13-28-14-33-19)23-11-17(27)4-6-21(23)22(15)8-16-9-24(31-2)26(30)25(10-16)32-3/h4,6,8-11,13-14,30H,5,7,12H2,1-3H3/b22-8-. The van der Waals surface area contributed by atoms with Gasteiger partial charge < -0.3 is 14.6 Å². The minimum atomic E-state index is -0.316. The summed E-state index contributed by atoms with van der Waals surface area (Å²) in [4.78, 5) is 17.5. The molecule has 170 valence electrons. The Bertz CT molecular complexity index is 1240. The molecule has 0 unspecified atom stereocenters. The molecule has 0 radical (unpaired) electrons. The third kappa shape index (κ3) is 4.68. The number of benzene rings is 2. The van der Waals surface area contributed by atoms with Crippen LogP contribution in [0, 0.1) is 5.82 Å². The normalized spacial score (nSPS) is 14.0. The van der Waals surface area contributed by atoms with Crippen molar-refractivity contribution in [2.24, 2.45) is 0 Å². The number of hydrogen-bond acceptors (Lipinski definition) is 6. The number of allylic oxidation sites excluding steroid dienone is 3. The highest BCUT2D eigenvalue weighted by atomic mass is 32.1. The van der Waals surface area contributed by atoms with Crippen LogP contribution >= 0.6 is 11.3 Å². The molecule has 7 heteroatoms. The molecule has 4 rings (SSSR count). The second-order valence-electron chi connectivity index (χ2n) is 7.81. The lowest BCUT2D eigenvalue weighted by molar-refractivity contribution is -0.118. The smallest absolute Gasteiger partial charge is 0.200 e. The number of rotatable bonds is 8. The van der Waals surface area contributed by atoms with Crippen LogP contribution in [0.5, 0.6) is 17.2 Å². The zero-order valence-corrected chi connectivity index (χ0v) is 19.5. The minimum absolute atomic E-state index is 0.0663. The van der Waals surface area contributed by atoms with E-state index in [1.165, 1.54) is 37.7 Å². The number of carbonyl (C=O) groups is 1. The molecule has 0 saturated heterocycles. The van der Waals surface area contributed by atoms with Crippen molar-refractivity contribution in [1.29, 1.82) is 0 Å². The highest BCUT2D eigenvalue weighted by Crippen LogP contribution is 2.45. The first-order chi connectivity index (χ1) is 15.9. The van der Waals surface area contributed by atoms with Gasteiger partial charge in [-0.1, -0.05) is 6.07 Å². The van der Waals surface area contributed by atoms with E-state index in [2.05, 4.69) is 4.98 Å². The van der Waals surface area contributed by atoms with Crippen LogP contribution in [0.4, 0.5) is 4.39 Å². The van der Waals surface area contributed by atoms with Crippen molar-refractivity contribution in [3.63, 3.8) is 0 Å². The molecule has 1 heterocycles. The van der Waals surface area contributed by atoms with Crippen molar-refractivity contribution in [3.8, 4) is 17.2 Å². The number of nitrogens with zero attached hydrogens (tertiary/aromatic N) is 1. The van der Waals surface area contributed by atoms with Gasteiger partial charge in [-0.2, -0.15) is 0 Å². The van der Waals surface area contributed by atoms with Crippen molar-refractivity contribution in [1.82, 2.24) is 4.98 Å². The number of hydrogen-bond donors (Lipinski definition) is 1. The van der Waals surface area contributed by atoms with Crippen molar-refractivity contribution >= 4 is 34.3 Å². The maximum absolute atomic E-state index is 14.1. The summed E-state index contributed by atoms with van der Waals surface area (Å²) < 4.78 is 24.7. The fraction of sp³-hybridized carbons (Fsp3) is 0.231. The summed E-state index contributed by atoms with van der Waals surface area (Å²) in [7, 11) is 2.96. The number of ether oxygens (including phenoxy) is 2. The van der Waals surface area contributed by atoms with Crippen LogP contribution in [-0.2, 0) is 11.2 Å². The number of Topliss-reactive ketones (excluding diaryl/α,β-unsaturated/α-hetero) is 1. The Kier molecular flexibility index (Phi) is 6.60. The first-order valence-electron chi connectivity index (χ1n) is 10.5. The van der Waals surface area contributed by atoms with Gasteiger partial charge in [0.15, 0.2) is 11.5 Å². The summed E-state index contributed by atoms with van der Waals surface area (Å²) in [6, 6.07) is 8.17. The van der Waals surface area contributed by atoms with E-state index in [-0.39, 0.29) is 17.3 Å². The maximum atomic E-state index is 14.1. The Morgan fingerprint density at radius 1 is 1.15 bits per heavy atom. The lowest BCUT2D eigenvalue weighted by Crippen LogP contribution is -2.02. The summed E-state index contributed by atoms with van der Waals surface area (Å²) in [6.07, 6.45) is 4.94. The molecule has 5 nitrogen and oxygen atoms in total. The molecule has 0 aliphatic heterocycles. The van der Waals surface area contributed by atoms with Gasteiger partial charge in [-0.3, -0.25) is 9.78 Å². The molecule has 0 bridgehead atoms. The third-order valence-electron chi connectivity index (χ3n) is 5.78. The zero-order valence-electron chi connectivity index (χ0n) is 18.6. The van der Waals surface area contributed by atoms with E-state index in [4.69, 9.17) is 9.47 Å². The summed E-state index contributed by atoms with van der Waals surface area (Å²) >= 11 is 1.47. The fourth-order valence-electron chi connectivity index (χ4n) is 4.12. The largest absolute Gasteiger partial charge is 0.502 e. The van der Waals surface area contributed by atoms with Crippen LogP contribution < -0.4 is 9.47 Å². The number of methoxy groups -OCH3 is 2. The SMILES string of the molecule is COc1cc(/C=C2/C(C)=C(CCC(=O)Cc3cncs3)c3cc(F)ccc32)cc(OC)c1O. The monoisotopic (exact) mass is 465 g/mol. The van der Waals surface area contributed by atoms with Crippen LogP contribution in [0.3, 0.4) is 0 Å². The van der Waals surface area contributed by atoms with Crippen molar-refractivity contribution in [2.45, 2.75) is 26.2 Å². The highest BCUT2D eigenvalue weighted by molar-refractivity contribution is 7.09. The Labute approximate surface area is 195 Å². The van der Waals surface area contributed by atoms with Gasteiger partial charge in [0.25, 0.3) is 0 Å². The number of aromatic nitrogens is 1. The molecule has 33 heavy (non-hydrogen) atoms. The molecule has 3 aromatic rings. The number of phenolic OH excluding ortho intramolecular Hbond substituents is 1. The van der Waals surface area contributed by atoms with E-state index in [1.54, 1.807) is 29.9 Å². The number of thiazole rings is 1. The van der Waals surface area contributed by atoms with Gasteiger partial charge in [-0.25, -0.2) is 4.39 Å². The molecule has 0 atom stereocenters. The van der Waals surface area contributed by atoms with E-state index < -0.39 is 0 Å². The number of phenols is 1. The Morgan fingerprint density at radius 3 is 2.52 bits per heavy atom. The summed E-state index contributed by atoms with van der Waals surface area (Å²) in [5, 5.41) is 10.2. The quantitative estimate of drug-likeness (QED) is 0.447. The molecule has 1 aromatic heterocycles. The second-order valence-corrected chi connectivity index (χ2v) is 8.78. The van der Waals surface area contributed by atoms with Gasteiger partial charge in [0.05, 0.1) is 19.7 Å². The van der Waals surface area contributed by atoms with Gasteiger partial charge in [0, 0.05) is 23.9 Å². The van der Waals surface area contributed by atoms with Crippen LogP contribution in [0.25, 0.3) is 17.2 Å². The Hall–Kier alpha value is -3.45. The first kappa shape index (κ1) is 22.7. The maximum Gasteiger partial charge on any atom is 0.200 e. The topological polar surface area (TPSA) is 68.7 Å². The van der Waals surface area contributed by atoms with E-state index in [9.17, 15) is 14.3 Å². The van der Waals surface area contributed by atoms with Crippen molar-refractivity contribution in [2.75, 3.05) is 14.2 Å². The second kappa shape index (κ2) is 9.58. The lowest BCUT2D eigenvalue weighted by atomic mass is 9.99. The van der Waals surface area contributed by atoms with Gasteiger partial charge in [0.2, 0.25) is 5.75 Å². The Balaban J connectivity index is 1.69. The minimum Gasteiger partial charge on any atom is -0.502 e. The van der Waals surface area contributed by atoms with E-state index >= 15 is 0 Å². The van der Waals surface area contributed by atoms with E-state index in [1.807, 2.05) is 13.0 Å². The molecule has 0 fully saturated rings. The number of fused-ring (bicyclic) bond motifs is 1. The predicted octanol–water partition coefficient (Wildman–Crippen LogP) is 5.92. The molecular formula is C26H24FNO4S. The molecule has 0 amide bonds. The van der Waals surface area contributed by atoms with E-state index in [0.717, 1.165) is 38.3 Å². The number of carbonyl (C=O) groups excluding carboxylic acids is 1. The molecule has 1 N–H and O–H groups in total. The van der Waals surface area contributed by atoms with Gasteiger partial charge >= 0.3 is 0 Å². The van der Waals surface area contributed by atoms with Crippen molar-refractivity contribution in [3.05, 3.63) is 75.0 Å². The van der Waals surface area contributed by atoms with Crippen LogP contribution in [-0.4, -0.2) is 30.1 Å². The summed E-state index contributed by atoms with van der Waals surface area (Å²) in [6.45, 7) is 1.99. The third-order valence-corrected chi connectivity index (χ3v) is 6.56. The molecule has 2 aromatic carbocycles. The van der Waals surface area contributed by atoms with Crippen LogP contribution in [0.2, 0.25) is 0 Å². The summed E-state index contributed by atoms with van der Waals surface area (Å²) in [5.74, 6) is 0.346. The first-order valence-corrected chi connectivity index (χ1v) is 11.4. The molecule has 0 spiro atoms. The van der Waals surface area contributed by atoms with Crippen LogP contribution in [0.15, 0.2) is 47.6 Å². The molecule has 1 aliphatic rings. The summed E-state index contributed by atoms with van der Waals surface area (Å²) in [5.41, 5.74) is 7.10. The number of aromatic hydroxyl groups is 1. The van der Waals surface area contributed by atoms with Crippen molar-refractivity contribution < 1.29 is 23.8 Å². The Morgan fingerprint density at radius 2 is 1.88 bits per heavy atom. The molecular weight excluding hydrogens is 441 g/mol. The highest BCUT2D eigenvalue weighted by Gasteiger charge is 2.25.